The van der Waals surface area contributed by atoms with Gasteiger partial charge in [-0.1, -0.05) is 41.5 Å². The van der Waals surface area contributed by atoms with E-state index in [4.69, 9.17) is 0 Å². The fourth-order valence-corrected chi connectivity index (χ4v) is 3.00. The summed E-state index contributed by atoms with van der Waals surface area (Å²) in [6.45, 7) is 13.2. The SMILES string of the molecule is CN/C=C(\NC)NC(=O)C(C)CC(C)(C)CC(C)(C)C. The zero-order valence-electron chi connectivity index (χ0n) is 14.5. The monoisotopic (exact) mass is 283 g/mol. The van der Waals surface area contributed by atoms with E-state index in [1.165, 1.54) is 0 Å². The molecule has 0 saturated heterocycles. The topological polar surface area (TPSA) is 53.2 Å². The molecule has 0 radical (unpaired) electrons. The van der Waals surface area contributed by atoms with Gasteiger partial charge in [-0.15, -0.1) is 0 Å². The van der Waals surface area contributed by atoms with Crippen molar-refractivity contribution in [1.29, 1.82) is 0 Å². The number of amides is 1. The fraction of sp³-hybridized carbons (Fsp3) is 0.812. The summed E-state index contributed by atoms with van der Waals surface area (Å²) in [5, 5.41) is 8.76. The lowest BCUT2D eigenvalue weighted by atomic mass is 9.72. The third-order valence-electron chi connectivity index (χ3n) is 3.13. The van der Waals surface area contributed by atoms with Crippen molar-refractivity contribution in [1.82, 2.24) is 16.0 Å². The van der Waals surface area contributed by atoms with Gasteiger partial charge in [-0.2, -0.15) is 0 Å². The van der Waals surface area contributed by atoms with Crippen LogP contribution in [0.15, 0.2) is 12.0 Å². The molecule has 0 aromatic carbocycles. The molecular weight excluding hydrogens is 250 g/mol. The van der Waals surface area contributed by atoms with Gasteiger partial charge in [-0.3, -0.25) is 4.79 Å². The van der Waals surface area contributed by atoms with Gasteiger partial charge in [0, 0.05) is 26.2 Å². The van der Waals surface area contributed by atoms with E-state index < -0.39 is 0 Å². The predicted molar refractivity (Wildman–Crippen MR) is 86.0 cm³/mol. The first-order valence-electron chi connectivity index (χ1n) is 7.37. The summed E-state index contributed by atoms with van der Waals surface area (Å²) >= 11 is 0. The highest BCUT2D eigenvalue weighted by Crippen LogP contribution is 2.37. The summed E-state index contributed by atoms with van der Waals surface area (Å²) in [4.78, 5) is 12.2. The Balaban J connectivity index is 4.56. The number of hydrogen-bond donors (Lipinski definition) is 3. The Morgan fingerprint density at radius 2 is 1.70 bits per heavy atom. The van der Waals surface area contributed by atoms with Crippen LogP contribution in [0.1, 0.15) is 54.4 Å². The lowest BCUT2D eigenvalue weighted by Gasteiger charge is -2.34. The van der Waals surface area contributed by atoms with Crippen molar-refractivity contribution >= 4 is 5.91 Å². The average Bonchev–Trinajstić information content (AvgIpc) is 2.23. The van der Waals surface area contributed by atoms with Gasteiger partial charge in [0.1, 0.15) is 5.82 Å². The van der Waals surface area contributed by atoms with E-state index in [-0.39, 0.29) is 22.7 Å². The second kappa shape index (κ2) is 7.55. The van der Waals surface area contributed by atoms with Crippen LogP contribution < -0.4 is 16.0 Å². The number of carbonyl (C=O) groups is 1. The molecule has 0 aliphatic carbocycles. The normalized spacial score (nSPS) is 14.7. The largest absolute Gasteiger partial charge is 0.391 e. The van der Waals surface area contributed by atoms with Crippen molar-refractivity contribution in [2.24, 2.45) is 16.7 Å². The van der Waals surface area contributed by atoms with E-state index in [0.29, 0.717) is 5.82 Å². The van der Waals surface area contributed by atoms with Gasteiger partial charge in [-0.25, -0.2) is 0 Å². The molecule has 0 heterocycles. The standard InChI is InChI=1S/C16H33N3O/c1-12(9-16(5,6)11-15(2,3)4)14(20)19-13(18-8)10-17-7/h10,12,17-18H,9,11H2,1-8H3,(H,19,20)/b13-10+. The van der Waals surface area contributed by atoms with Gasteiger partial charge >= 0.3 is 0 Å². The highest BCUT2D eigenvalue weighted by Gasteiger charge is 2.29. The van der Waals surface area contributed by atoms with Crippen LogP contribution in [0.3, 0.4) is 0 Å². The molecule has 1 atom stereocenters. The van der Waals surface area contributed by atoms with Crippen LogP contribution >= 0.6 is 0 Å². The molecule has 1 unspecified atom stereocenters. The summed E-state index contributed by atoms with van der Waals surface area (Å²) in [5.41, 5.74) is 0.434. The number of carbonyl (C=O) groups excluding carboxylic acids is 1. The van der Waals surface area contributed by atoms with Crippen molar-refractivity contribution in [2.75, 3.05) is 14.1 Å². The molecule has 0 spiro atoms. The average molecular weight is 283 g/mol. The highest BCUT2D eigenvalue weighted by atomic mass is 16.2. The quantitative estimate of drug-likeness (QED) is 0.673. The predicted octanol–water partition coefficient (Wildman–Crippen LogP) is 2.83. The van der Waals surface area contributed by atoms with Crippen molar-refractivity contribution in [3.05, 3.63) is 12.0 Å². The number of hydrogen-bond acceptors (Lipinski definition) is 3. The maximum absolute atomic E-state index is 12.2. The summed E-state index contributed by atoms with van der Waals surface area (Å²) < 4.78 is 0. The Labute approximate surface area is 124 Å². The summed E-state index contributed by atoms with van der Waals surface area (Å²) in [6.07, 6.45) is 3.72. The van der Waals surface area contributed by atoms with Gasteiger partial charge in [0.05, 0.1) is 0 Å². The molecule has 0 aromatic heterocycles. The maximum atomic E-state index is 12.2. The van der Waals surface area contributed by atoms with Gasteiger partial charge < -0.3 is 16.0 Å². The minimum absolute atomic E-state index is 0.0130. The van der Waals surface area contributed by atoms with Crippen LogP contribution in [0.4, 0.5) is 0 Å². The second-order valence-corrected chi connectivity index (χ2v) is 7.59. The molecule has 0 aromatic rings. The molecule has 1 amide bonds. The van der Waals surface area contributed by atoms with Crippen LogP contribution in [0.5, 0.6) is 0 Å². The molecule has 0 fully saturated rings. The Kier molecular flexibility index (Phi) is 7.11. The summed E-state index contributed by atoms with van der Waals surface area (Å²) in [5.74, 6) is 0.738. The van der Waals surface area contributed by atoms with Gasteiger partial charge in [0.2, 0.25) is 5.91 Å². The first-order valence-corrected chi connectivity index (χ1v) is 7.37. The summed E-state index contributed by atoms with van der Waals surface area (Å²) in [7, 11) is 3.59. The van der Waals surface area contributed by atoms with E-state index in [0.717, 1.165) is 12.8 Å². The second-order valence-electron chi connectivity index (χ2n) is 7.59. The van der Waals surface area contributed by atoms with E-state index in [2.05, 4.69) is 50.6 Å². The van der Waals surface area contributed by atoms with E-state index in [1.807, 2.05) is 6.92 Å². The lowest BCUT2D eigenvalue weighted by Crippen LogP contribution is -2.36. The molecule has 0 rings (SSSR count). The molecule has 4 heteroatoms. The highest BCUT2D eigenvalue weighted by molar-refractivity contribution is 5.79. The Hall–Kier alpha value is -1.19. The van der Waals surface area contributed by atoms with E-state index in [9.17, 15) is 4.79 Å². The van der Waals surface area contributed by atoms with Gasteiger partial charge in [-0.05, 0) is 23.7 Å². The smallest absolute Gasteiger partial charge is 0.228 e. The Morgan fingerprint density at radius 3 is 2.10 bits per heavy atom. The van der Waals surface area contributed by atoms with Crippen LogP contribution in [0.2, 0.25) is 0 Å². The Bertz CT molecular complexity index is 340. The minimum atomic E-state index is -0.0130. The van der Waals surface area contributed by atoms with Gasteiger partial charge in [0.15, 0.2) is 0 Å². The molecular formula is C16H33N3O. The first-order chi connectivity index (χ1) is 9.00. The molecule has 20 heavy (non-hydrogen) atoms. The van der Waals surface area contributed by atoms with Crippen LogP contribution in [0.25, 0.3) is 0 Å². The maximum Gasteiger partial charge on any atom is 0.228 e. The summed E-state index contributed by atoms with van der Waals surface area (Å²) in [6, 6.07) is 0. The molecule has 0 aliphatic heterocycles. The molecule has 0 aliphatic rings. The molecule has 3 N–H and O–H groups in total. The third kappa shape index (κ3) is 8.08. The fourth-order valence-electron chi connectivity index (χ4n) is 3.00. The molecule has 0 saturated carbocycles. The van der Waals surface area contributed by atoms with Crippen LogP contribution in [-0.4, -0.2) is 20.0 Å². The Morgan fingerprint density at radius 1 is 1.15 bits per heavy atom. The third-order valence-corrected chi connectivity index (χ3v) is 3.13. The number of nitrogens with one attached hydrogen (secondary N) is 3. The van der Waals surface area contributed by atoms with Crippen LogP contribution in [-0.2, 0) is 4.79 Å². The van der Waals surface area contributed by atoms with E-state index >= 15 is 0 Å². The first kappa shape index (κ1) is 18.8. The minimum Gasteiger partial charge on any atom is -0.391 e. The molecule has 4 nitrogen and oxygen atoms in total. The van der Waals surface area contributed by atoms with Crippen molar-refractivity contribution < 1.29 is 4.79 Å². The molecule has 0 bridgehead atoms. The number of rotatable bonds is 7. The lowest BCUT2D eigenvalue weighted by molar-refractivity contribution is -0.125. The zero-order valence-corrected chi connectivity index (χ0v) is 14.5. The van der Waals surface area contributed by atoms with E-state index in [1.54, 1.807) is 20.3 Å². The molecule has 118 valence electrons. The van der Waals surface area contributed by atoms with Gasteiger partial charge in [0.25, 0.3) is 0 Å². The van der Waals surface area contributed by atoms with Crippen molar-refractivity contribution in [3.8, 4) is 0 Å². The van der Waals surface area contributed by atoms with Crippen molar-refractivity contribution in [3.63, 3.8) is 0 Å². The zero-order chi connectivity index (χ0) is 16.0. The van der Waals surface area contributed by atoms with Crippen LogP contribution in [0, 0.1) is 16.7 Å². The van der Waals surface area contributed by atoms with Crippen molar-refractivity contribution in [2.45, 2.75) is 54.4 Å².